The Morgan fingerprint density at radius 1 is 0.958 bits per heavy atom. The van der Waals surface area contributed by atoms with E-state index in [-0.39, 0.29) is 6.03 Å². The quantitative estimate of drug-likeness (QED) is 0.811. The highest BCUT2D eigenvalue weighted by molar-refractivity contribution is 5.74. The smallest absolute Gasteiger partial charge is 0.315 e. The lowest BCUT2D eigenvalue weighted by atomic mass is 9.89. The lowest BCUT2D eigenvalue weighted by Gasteiger charge is -2.39. The van der Waals surface area contributed by atoms with Crippen molar-refractivity contribution in [2.75, 3.05) is 26.2 Å². The summed E-state index contributed by atoms with van der Waals surface area (Å²) in [5.41, 5.74) is 0. The van der Waals surface area contributed by atoms with Gasteiger partial charge in [0.15, 0.2) is 0 Å². The second kappa shape index (κ2) is 9.62. The molecule has 0 spiro atoms. The fourth-order valence-electron chi connectivity index (χ4n) is 4.49. The molecule has 2 saturated heterocycles. The Balaban J connectivity index is 1.27. The molecule has 1 aliphatic carbocycles. The molecule has 3 rings (SSSR count). The van der Waals surface area contributed by atoms with Gasteiger partial charge in [0.25, 0.3) is 0 Å². The zero-order valence-corrected chi connectivity index (χ0v) is 15.1. The first-order valence-electron chi connectivity index (χ1n) is 10.2. The topological polar surface area (TPSA) is 53.6 Å². The van der Waals surface area contributed by atoms with Gasteiger partial charge in [-0.3, -0.25) is 0 Å². The van der Waals surface area contributed by atoms with E-state index in [0.717, 1.165) is 44.9 Å². The Bertz CT molecular complexity index is 371. The molecule has 2 aliphatic heterocycles. The van der Waals surface area contributed by atoms with Crippen LogP contribution in [0.4, 0.5) is 4.79 Å². The van der Waals surface area contributed by atoms with E-state index in [1.807, 2.05) is 0 Å². The van der Waals surface area contributed by atoms with Crippen LogP contribution in [0.3, 0.4) is 0 Å². The first-order chi connectivity index (χ1) is 11.8. The molecule has 1 atom stereocenters. The van der Waals surface area contributed by atoms with Crippen LogP contribution in [0, 0.1) is 0 Å². The average molecular weight is 338 g/mol. The minimum Gasteiger partial charge on any atom is -0.378 e. The van der Waals surface area contributed by atoms with E-state index < -0.39 is 0 Å². The van der Waals surface area contributed by atoms with Gasteiger partial charge in [-0.1, -0.05) is 6.42 Å². The van der Waals surface area contributed by atoms with E-state index >= 15 is 0 Å². The third-order valence-corrected chi connectivity index (χ3v) is 5.96. The summed E-state index contributed by atoms with van der Waals surface area (Å²) in [4.78, 5) is 14.7. The third-order valence-electron chi connectivity index (χ3n) is 5.96. The van der Waals surface area contributed by atoms with Crippen molar-refractivity contribution in [3.63, 3.8) is 0 Å². The maximum absolute atomic E-state index is 12.1. The minimum absolute atomic E-state index is 0.00670. The Kier molecular flexibility index (Phi) is 7.21. The van der Waals surface area contributed by atoms with Crippen molar-refractivity contribution in [3.05, 3.63) is 0 Å². The summed E-state index contributed by atoms with van der Waals surface area (Å²) in [6.45, 7) is 4.18. The summed E-state index contributed by atoms with van der Waals surface area (Å²) in [5.74, 6) is 0. The van der Waals surface area contributed by atoms with Gasteiger partial charge in [0.1, 0.15) is 0 Å². The van der Waals surface area contributed by atoms with Crippen LogP contribution in [-0.2, 0) is 4.74 Å². The van der Waals surface area contributed by atoms with Gasteiger partial charge in [-0.25, -0.2) is 4.79 Å². The van der Waals surface area contributed by atoms with Crippen LogP contribution < -0.4 is 10.6 Å². The highest BCUT2D eigenvalue weighted by Crippen LogP contribution is 2.25. The second-order valence-corrected chi connectivity index (χ2v) is 7.78. The zero-order chi connectivity index (χ0) is 16.6. The third kappa shape index (κ3) is 5.62. The van der Waals surface area contributed by atoms with Gasteiger partial charge >= 0.3 is 6.03 Å². The number of hydrogen-bond donors (Lipinski definition) is 2. The first-order valence-corrected chi connectivity index (χ1v) is 10.2. The molecule has 24 heavy (non-hydrogen) atoms. The van der Waals surface area contributed by atoms with E-state index in [0.29, 0.717) is 12.1 Å². The predicted octanol–water partition coefficient (Wildman–Crippen LogP) is 3.04. The van der Waals surface area contributed by atoms with Gasteiger partial charge in [-0.15, -0.1) is 0 Å². The van der Waals surface area contributed by atoms with Gasteiger partial charge in [-0.2, -0.15) is 0 Å². The average Bonchev–Trinajstić information content (AvgIpc) is 2.64. The Morgan fingerprint density at radius 3 is 2.46 bits per heavy atom. The molecule has 0 aromatic carbocycles. The monoisotopic (exact) mass is 337 g/mol. The highest BCUT2D eigenvalue weighted by Gasteiger charge is 2.27. The molecular formula is C19H35N3O2. The molecule has 2 N–H and O–H groups in total. The lowest BCUT2D eigenvalue weighted by Crippen LogP contribution is -2.48. The van der Waals surface area contributed by atoms with E-state index in [1.54, 1.807) is 0 Å². The molecule has 0 aromatic heterocycles. The van der Waals surface area contributed by atoms with Crippen LogP contribution in [0.5, 0.6) is 0 Å². The maximum Gasteiger partial charge on any atom is 0.315 e. The number of nitrogens with zero attached hydrogens (tertiary/aromatic N) is 1. The summed E-state index contributed by atoms with van der Waals surface area (Å²) >= 11 is 0. The Hall–Kier alpha value is -0.810. The standard InChI is InChI=1S/C19H35N3O2/c23-19(20-12-11-18-6-2-5-15-24-18)21-16-7-9-17(10-8-16)22-13-3-1-4-14-22/h16-18H,1-15H2,(H2,20,21,23)/t16?,17?,18-/m1/s1. The molecule has 5 nitrogen and oxygen atoms in total. The number of ether oxygens (including phenoxy) is 1. The summed E-state index contributed by atoms with van der Waals surface area (Å²) in [7, 11) is 0. The van der Waals surface area contributed by atoms with Gasteiger partial charge in [0.05, 0.1) is 6.10 Å². The molecule has 3 aliphatic rings. The van der Waals surface area contributed by atoms with Crippen LogP contribution in [0.15, 0.2) is 0 Å². The van der Waals surface area contributed by atoms with Gasteiger partial charge in [-0.05, 0) is 77.3 Å². The molecule has 0 radical (unpaired) electrons. The molecule has 5 heteroatoms. The molecule has 2 amide bonds. The number of nitrogens with one attached hydrogen (secondary N) is 2. The molecule has 0 unspecified atom stereocenters. The van der Waals surface area contributed by atoms with Crippen LogP contribution in [-0.4, -0.2) is 55.4 Å². The van der Waals surface area contributed by atoms with Crippen molar-refractivity contribution in [2.24, 2.45) is 0 Å². The highest BCUT2D eigenvalue weighted by atomic mass is 16.5. The van der Waals surface area contributed by atoms with Crippen LogP contribution in [0.2, 0.25) is 0 Å². The van der Waals surface area contributed by atoms with Crippen molar-refractivity contribution >= 4 is 6.03 Å². The number of carbonyl (C=O) groups is 1. The summed E-state index contributed by atoms with van der Waals surface area (Å²) in [6.07, 6.45) is 13.7. The summed E-state index contributed by atoms with van der Waals surface area (Å²) in [6, 6.07) is 1.12. The molecule has 1 saturated carbocycles. The summed E-state index contributed by atoms with van der Waals surface area (Å²) in [5, 5.41) is 6.18. The van der Waals surface area contributed by atoms with Gasteiger partial charge in [0, 0.05) is 25.2 Å². The fourth-order valence-corrected chi connectivity index (χ4v) is 4.49. The predicted molar refractivity (Wildman–Crippen MR) is 96.2 cm³/mol. The number of urea groups is 1. The number of hydrogen-bond acceptors (Lipinski definition) is 3. The van der Waals surface area contributed by atoms with Crippen molar-refractivity contribution in [2.45, 2.75) is 88.8 Å². The van der Waals surface area contributed by atoms with Crippen molar-refractivity contribution in [1.29, 1.82) is 0 Å². The molecule has 2 heterocycles. The number of amides is 2. The van der Waals surface area contributed by atoms with Crippen molar-refractivity contribution in [3.8, 4) is 0 Å². The normalized spacial score (nSPS) is 32.2. The van der Waals surface area contributed by atoms with E-state index in [4.69, 9.17) is 4.74 Å². The van der Waals surface area contributed by atoms with Gasteiger partial charge in [0.2, 0.25) is 0 Å². The van der Waals surface area contributed by atoms with Crippen molar-refractivity contribution in [1.82, 2.24) is 15.5 Å². The first kappa shape index (κ1) is 18.0. The number of rotatable bonds is 5. The van der Waals surface area contributed by atoms with Crippen molar-refractivity contribution < 1.29 is 9.53 Å². The van der Waals surface area contributed by atoms with Crippen LogP contribution >= 0.6 is 0 Å². The minimum atomic E-state index is 0.00670. The molecule has 3 fully saturated rings. The van der Waals surface area contributed by atoms with Crippen LogP contribution in [0.1, 0.15) is 70.6 Å². The van der Waals surface area contributed by atoms with Crippen LogP contribution in [0.25, 0.3) is 0 Å². The SMILES string of the molecule is O=C(NCC[C@H]1CCCCO1)NC1CCC(N2CCCCC2)CC1. The Morgan fingerprint density at radius 2 is 1.75 bits per heavy atom. The fraction of sp³-hybridized carbons (Fsp3) is 0.947. The second-order valence-electron chi connectivity index (χ2n) is 7.78. The zero-order valence-electron chi connectivity index (χ0n) is 15.1. The maximum atomic E-state index is 12.1. The molecule has 0 aromatic rings. The van der Waals surface area contributed by atoms with E-state index in [1.165, 1.54) is 58.0 Å². The lowest BCUT2D eigenvalue weighted by molar-refractivity contribution is 0.0120. The summed E-state index contributed by atoms with van der Waals surface area (Å²) < 4.78 is 5.70. The molecule has 0 bridgehead atoms. The van der Waals surface area contributed by atoms with Gasteiger partial charge < -0.3 is 20.3 Å². The Labute approximate surface area is 146 Å². The number of piperidine rings is 1. The molecular weight excluding hydrogens is 302 g/mol. The van der Waals surface area contributed by atoms with E-state index in [9.17, 15) is 4.79 Å². The largest absolute Gasteiger partial charge is 0.378 e. The number of carbonyl (C=O) groups excluding carboxylic acids is 1. The van der Waals surface area contributed by atoms with E-state index in [2.05, 4.69) is 15.5 Å². The molecule has 138 valence electrons. The number of likely N-dealkylation sites (tertiary alicyclic amines) is 1.